The fraction of sp³-hybridized carbons (Fsp3) is 0.0345. The number of carbonyl (C=O) groups excluding carboxylic acids is 2. The molecule has 0 aliphatic heterocycles. The normalized spacial score (nSPS) is 12.7. The van der Waals surface area contributed by atoms with Gasteiger partial charge in [0.15, 0.2) is 0 Å². The maximum atomic E-state index is 13.2. The first-order valence-electron chi connectivity index (χ1n) is 10.9. The lowest BCUT2D eigenvalue weighted by atomic mass is 9.86. The van der Waals surface area contributed by atoms with Crippen LogP contribution < -0.4 is 0 Å². The van der Waals surface area contributed by atoms with Gasteiger partial charge in [-0.3, -0.25) is 0 Å². The van der Waals surface area contributed by atoms with E-state index in [0.29, 0.717) is 23.1 Å². The van der Waals surface area contributed by atoms with E-state index in [1.807, 2.05) is 30.3 Å². The fourth-order valence-electron chi connectivity index (χ4n) is 4.12. The molecule has 0 amide bonds. The van der Waals surface area contributed by atoms with Crippen LogP contribution in [0.4, 0.5) is 0 Å². The maximum Gasteiger partial charge on any atom is 0.387 e. The van der Waals surface area contributed by atoms with E-state index in [0.717, 1.165) is 28.3 Å². The third kappa shape index (κ3) is 4.77. The summed E-state index contributed by atoms with van der Waals surface area (Å²) in [5.74, 6) is -1.42. The third-order valence-corrected chi connectivity index (χ3v) is 5.77. The summed E-state index contributed by atoms with van der Waals surface area (Å²) in [6.07, 6.45) is 3.07. The lowest BCUT2D eigenvalue weighted by Crippen LogP contribution is -2.15. The number of allylic oxidation sites excluding steroid dienone is 1. The zero-order valence-corrected chi connectivity index (χ0v) is 18.5. The summed E-state index contributed by atoms with van der Waals surface area (Å²) in [6, 6.07) is 24.6. The first-order valence-corrected chi connectivity index (χ1v) is 10.9. The van der Waals surface area contributed by atoms with Gasteiger partial charge < -0.3 is 10.2 Å². The predicted octanol–water partition coefficient (Wildman–Crippen LogP) is 5.38. The number of hydrogen-bond donors (Lipinski definition) is 2. The summed E-state index contributed by atoms with van der Waals surface area (Å²) in [7, 11) is 0. The molecule has 0 heterocycles. The second kappa shape index (κ2) is 9.19. The van der Waals surface area contributed by atoms with Crippen molar-refractivity contribution in [2.24, 2.45) is 0 Å². The van der Waals surface area contributed by atoms with E-state index in [-0.39, 0.29) is 17.1 Å². The van der Waals surface area contributed by atoms with Gasteiger partial charge in [-0.1, -0.05) is 54.6 Å². The van der Waals surface area contributed by atoms with Gasteiger partial charge in [0.2, 0.25) is 0 Å². The second-order valence-electron chi connectivity index (χ2n) is 8.17. The van der Waals surface area contributed by atoms with E-state index in [2.05, 4.69) is 6.07 Å². The number of rotatable bonds is 4. The molecule has 3 aliphatic rings. The highest BCUT2D eigenvalue weighted by Gasteiger charge is 2.27. The minimum Gasteiger partial charge on any atom is -0.508 e. The molecule has 0 saturated carbocycles. The Morgan fingerprint density at radius 2 is 1.34 bits per heavy atom. The van der Waals surface area contributed by atoms with Gasteiger partial charge in [0.05, 0.1) is 5.57 Å². The highest BCUT2D eigenvalue weighted by Crippen LogP contribution is 2.38. The number of hydrogen-bond acceptors (Lipinski definition) is 6. The second-order valence-corrected chi connectivity index (χ2v) is 8.17. The Morgan fingerprint density at radius 3 is 2.06 bits per heavy atom. The molecule has 0 fully saturated rings. The van der Waals surface area contributed by atoms with Gasteiger partial charge in [-0.05, 0) is 81.8 Å². The quantitative estimate of drug-likeness (QED) is 0.239. The Balaban J connectivity index is 1.43. The Labute approximate surface area is 201 Å². The number of fused-ring (bicyclic) bond motifs is 3. The number of phenols is 2. The highest BCUT2D eigenvalue weighted by atomic mass is 17.2. The van der Waals surface area contributed by atoms with E-state index in [1.54, 1.807) is 36.4 Å². The zero-order valence-electron chi connectivity index (χ0n) is 18.5. The van der Waals surface area contributed by atoms with Gasteiger partial charge in [-0.25, -0.2) is 19.4 Å². The van der Waals surface area contributed by atoms with Gasteiger partial charge in [-0.15, -0.1) is 0 Å². The molecule has 0 aromatic heterocycles. The molecule has 0 saturated heterocycles. The zero-order chi connectivity index (χ0) is 24.4. The molecule has 172 valence electrons. The summed E-state index contributed by atoms with van der Waals surface area (Å²) in [5.41, 5.74) is 6.10. The van der Waals surface area contributed by atoms with Crippen molar-refractivity contribution >= 4 is 29.2 Å². The lowest BCUT2D eigenvalue weighted by molar-refractivity contribution is -0.249. The molecule has 5 rings (SSSR count). The van der Waals surface area contributed by atoms with E-state index >= 15 is 0 Å². The fourth-order valence-corrected chi connectivity index (χ4v) is 4.12. The molecular weight excluding hydrogens is 444 g/mol. The summed E-state index contributed by atoms with van der Waals surface area (Å²) in [4.78, 5) is 35.1. The molecule has 6 nitrogen and oxygen atoms in total. The van der Waals surface area contributed by atoms with Crippen molar-refractivity contribution in [3.8, 4) is 22.6 Å². The monoisotopic (exact) mass is 464 g/mol. The van der Waals surface area contributed by atoms with Crippen molar-refractivity contribution in [2.45, 2.75) is 6.42 Å². The van der Waals surface area contributed by atoms with Crippen LogP contribution in [0.25, 0.3) is 28.3 Å². The average Bonchev–Trinajstić information content (AvgIpc) is 3.23. The third-order valence-electron chi connectivity index (χ3n) is 5.77. The molecule has 2 N–H and O–H groups in total. The molecule has 2 aromatic carbocycles. The number of carbonyl (C=O) groups is 2. The van der Waals surface area contributed by atoms with E-state index in [1.165, 1.54) is 18.2 Å². The van der Waals surface area contributed by atoms with Crippen LogP contribution in [0, 0.1) is 0 Å². The molecular formula is C29H20O6. The van der Waals surface area contributed by atoms with Crippen LogP contribution in [-0.4, -0.2) is 22.2 Å². The topological polar surface area (TPSA) is 93.1 Å². The molecule has 0 spiro atoms. The Morgan fingerprint density at radius 1 is 0.714 bits per heavy atom. The smallest absolute Gasteiger partial charge is 0.387 e. The molecule has 0 radical (unpaired) electrons. The van der Waals surface area contributed by atoms with Crippen molar-refractivity contribution in [3.05, 3.63) is 113 Å². The lowest BCUT2D eigenvalue weighted by Gasteiger charge is -2.18. The van der Waals surface area contributed by atoms with E-state index < -0.39 is 11.9 Å². The summed E-state index contributed by atoms with van der Waals surface area (Å²) < 4.78 is 0. The Bertz CT molecular complexity index is 1450. The van der Waals surface area contributed by atoms with Gasteiger partial charge >= 0.3 is 11.9 Å². The van der Waals surface area contributed by atoms with Gasteiger partial charge in [-0.2, -0.15) is 0 Å². The average molecular weight is 464 g/mol. The van der Waals surface area contributed by atoms with Crippen molar-refractivity contribution in [1.82, 2.24) is 0 Å². The van der Waals surface area contributed by atoms with Crippen LogP contribution in [0.1, 0.15) is 22.3 Å². The van der Waals surface area contributed by atoms with Crippen LogP contribution in [0.2, 0.25) is 0 Å². The largest absolute Gasteiger partial charge is 0.508 e. The van der Waals surface area contributed by atoms with Crippen LogP contribution in [-0.2, 0) is 25.8 Å². The minimum atomic E-state index is -0.855. The summed E-state index contributed by atoms with van der Waals surface area (Å²) >= 11 is 0. The van der Waals surface area contributed by atoms with Crippen LogP contribution >= 0.6 is 0 Å². The molecule has 6 heteroatoms. The Hall–Kier alpha value is -4.84. The van der Waals surface area contributed by atoms with Crippen LogP contribution in [0.3, 0.4) is 0 Å². The van der Waals surface area contributed by atoms with Crippen molar-refractivity contribution in [3.63, 3.8) is 0 Å². The maximum absolute atomic E-state index is 13.2. The summed E-state index contributed by atoms with van der Waals surface area (Å²) in [5, 5.41) is 19.0. The molecule has 3 aliphatic carbocycles. The molecule has 35 heavy (non-hydrogen) atoms. The SMILES string of the molecule is O=C(/C=C/c1ccc(O)cc1)OOC(=O)C1=C(c2ccc(O)cc2)Cc2cc1cc1cccc-1c2. The van der Waals surface area contributed by atoms with Crippen LogP contribution in [0.5, 0.6) is 11.5 Å². The van der Waals surface area contributed by atoms with Crippen molar-refractivity contribution < 1.29 is 29.6 Å². The van der Waals surface area contributed by atoms with Crippen molar-refractivity contribution in [2.75, 3.05) is 0 Å². The number of aromatic hydroxyl groups is 2. The van der Waals surface area contributed by atoms with Gasteiger partial charge in [0.1, 0.15) is 11.5 Å². The van der Waals surface area contributed by atoms with E-state index in [4.69, 9.17) is 9.78 Å². The highest BCUT2D eigenvalue weighted by molar-refractivity contribution is 6.25. The first-order chi connectivity index (χ1) is 17.0. The number of benzene rings is 2. The Kier molecular flexibility index (Phi) is 5.77. The number of phenolic OH excluding ortho intramolecular Hbond substituents is 2. The summed E-state index contributed by atoms with van der Waals surface area (Å²) in [6.45, 7) is 0. The molecule has 2 bridgehead atoms. The van der Waals surface area contributed by atoms with Crippen molar-refractivity contribution in [1.29, 1.82) is 0 Å². The molecule has 0 unspecified atom stereocenters. The molecule has 2 aromatic rings. The van der Waals surface area contributed by atoms with Gasteiger partial charge in [0.25, 0.3) is 0 Å². The van der Waals surface area contributed by atoms with E-state index in [9.17, 15) is 19.8 Å². The first kappa shape index (κ1) is 22.0. The standard InChI is InChI=1S/C29H20O6/c30-24-9-4-18(5-10-24)6-13-27(32)34-35-29(33)28-23-15-19(14-21-2-1-3-22(21)17-23)16-26(28)20-7-11-25(31)12-8-20/h1-15,17,30-31H,16H2/b13-6+. The molecule has 0 atom stereocenters. The van der Waals surface area contributed by atoms with Crippen LogP contribution in [0.15, 0.2) is 91.0 Å². The minimum absolute atomic E-state index is 0.111. The van der Waals surface area contributed by atoms with Gasteiger partial charge in [0, 0.05) is 6.08 Å². The predicted molar refractivity (Wildman–Crippen MR) is 131 cm³/mol.